The first kappa shape index (κ1) is 13.2. The molecule has 0 unspecified atom stereocenters. The maximum Gasteiger partial charge on any atom is 0.178 e. The second kappa shape index (κ2) is 6.01. The minimum atomic E-state index is -3.08. The van der Waals surface area contributed by atoms with Gasteiger partial charge in [-0.25, -0.2) is 8.42 Å². The van der Waals surface area contributed by atoms with Crippen LogP contribution in [0.25, 0.3) is 0 Å². The van der Waals surface area contributed by atoms with Gasteiger partial charge in [-0.1, -0.05) is 19.1 Å². The van der Waals surface area contributed by atoms with Gasteiger partial charge in [-0.3, -0.25) is 0 Å². The van der Waals surface area contributed by atoms with Gasteiger partial charge >= 0.3 is 0 Å². The van der Waals surface area contributed by atoms with E-state index in [2.05, 4.69) is 0 Å². The number of benzene rings is 1. The zero-order valence-electron chi connectivity index (χ0n) is 9.65. The van der Waals surface area contributed by atoms with E-state index < -0.39 is 9.84 Å². The summed E-state index contributed by atoms with van der Waals surface area (Å²) >= 11 is 0. The maximum atomic E-state index is 11.7. The van der Waals surface area contributed by atoms with E-state index in [-0.39, 0.29) is 5.75 Å². The number of sulfone groups is 1. The molecule has 0 radical (unpaired) electrons. The summed E-state index contributed by atoms with van der Waals surface area (Å²) in [6.07, 6.45) is 2.88. The Labute approximate surface area is 97.6 Å². The summed E-state index contributed by atoms with van der Waals surface area (Å²) in [5.74, 6) is 0.152. The highest BCUT2D eigenvalue weighted by molar-refractivity contribution is 7.91. The lowest BCUT2D eigenvalue weighted by molar-refractivity contribution is 0.597. The van der Waals surface area contributed by atoms with Crippen LogP contribution >= 0.6 is 0 Å². The van der Waals surface area contributed by atoms with Crippen LogP contribution in [0.15, 0.2) is 29.2 Å². The Morgan fingerprint density at radius 1 is 1.25 bits per heavy atom. The van der Waals surface area contributed by atoms with Crippen molar-refractivity contribution in [3.63, 3.8) is 0 Å². The number of hydrogen-bond acceptors (Lipinski definition) is 3. The van der Waals surface area contributed by atoms with Crippen molar-refractivity contribution in [1.29, 1.82) is 0 Å². The van der Waals surface area contributed by atoms with Gasteiger partial charge < -0.3 is 5.73 Å². The lowest BCUT2D eigenvalue weighted by atomic mass is 10.1. The molecule has 16 heavy (non-hydrogen) atoms. The molecule has 0 heterocycles. The molecule has 3 nitrogen and oxygen atoms in total. The molecule has 0 aliphatic rings. The minimum absolute atomic E-state index is 0.152. The highest BCUT2D eigenvalue weighted by atomic mass is 32.2. The largest absolute Gasteiger partial charge is 0.330 e. The van der Waals surface area contributed by atoms with Crippen molar-refractivity contribution in [3.05, 3.63) is 29.8 Å². The van der Waals surface area contributed by atoms with Gasteiger partial charge in [-0.2, -0.15) is 0 Å². The maximum absolute atomic E-state index is 11.7. The molecule has 0 amide bonds. The summed E-state index contributed by atoms with van der Waals surface area (Å²) in [4.78, 5) is 0.431. The second-order valence-electron chi connectivity index (χ2n) is 3.80. The van der Waals surface area contributed by atoms with Crippen LogP contribution in [0, 0.1) is 0 Å². The Hall–Kier alpha value is -0.870. The van der Waals surface area contributed by atoms with Crippen LogP contribution in [0.1, 0.15) is 25.3 Å². The monoisotopic (exact) mass is 241 g/mol. The number of hydrogen-bond donors (Lipinski definition) is 1. The predicted octanol–water partition coefficient (Wildman–Crippen LogP) is 1.76. The molecule has 4 heteroatoms. The van der Waals surface area contributed by atoms with Crippen LogP contribution in [-0.4, -0.2) is 20.7 Å². The summed E-state index contributed by atoms with van der Waals surface area (Å²) in [6.45, 7) is 2.35. The molecule has 0 saturated heterocycles. The van der Waals surface area contributed by atoms with Crippen LogP contribution < -0.4 is 5.73 Å². The van der Waals surface area contributed by atoms with Crippen molar-refractivity contribution in [2.75, 3.05) is 12.3 Å². The fraction of sp³-hybridized carbons (Fsp3) is 0.500. The van der Waals surface area contributed by atoms with E-state index in [4.69, 9.17) is 5.73 Å². The van der Waals surface area contributed by atoms with Crippen molar-refractivity contribution in [1.82, 2.24) is 0 Å². The first-order valence-electron chi connectivity index (χ1n) is 5.62. The molecular formula is C12H19NO2S. The van der Waals surface area contributed by atoms with Crippen molar-refractivity contribution in [2.45, 2.75) is 31.1 Å². The van der Waals surface area contributed by atoms with Gasteiger partial charge in [0.15, 0.2) is 9.84 Å². The number of rotatable bonds is 6. The molecule has 0 aromatic heterocycles. The third-order valence-electron chi connectivity index (χ3n) is 2.56. The summed E-state index contributed by atoms with van der Waals surface area (Å²) in [5, 5.41) is 0. The fourth-order valence-corrected chi connectivity index (χ4v) is 2.48. The smallest absolute Gasteiger partial charge is 0.178 e. The number of nitrogens with two attached hydrogens (primary N) is 1. The molecular weight excluding hydrogens is 222 g/mol. The van der Waals surface area contributed by atoms with E-state index >= 15 is 0 Å². The molecule has 0 saturated carbocycles. The van der Waals surface area contributed by atoms with Crippen LogP contribution in [0.5, 0.6) is 0 Å². The standard InChI is InChI=1S/C12H19NO2S/c1-2-16(14,15)12-8-5-7-11(10-12)6-3-4-9-13/h5,7-8,10H,2-4,6,9,13H2,1H3. The Balaban J connectivity index is 2.79. The lowest BCUT2D eigenvalue weighted by Gasteiger charge is -2.05. The SMILES string of the molecule is CCS(=O)(=O)c1cccc(CCCCN)c1. The molecule has 1 aromatic rings. The normalized spacial score (nSPS) is 11.6. The van der Waals surface area contributed by atoms with E-state index in [1.807, 2.05) is 6.07 Å². The molecule has 2 N–H and O–H groups in total. The highest BCUT2D eigenvalue weighted by Crippen LogP contribution is 2.14. The van der Waals surface area contributed by atoms with E-state index in [0.717, 1.165) is 24.8 Å². The van der Waals surface area contributed by atoms with Crippen molar-refractivity contribution < 1.29 is 8.42 Å². The molecule has 1 aromatic carbocycles. The predicted molar refractivity (Wildman–Crippen MR) is 66.2 cm³/mol. The van der Waals surface area contributed by atoms with Gasteiger partial charge in [-0.15, -0.1) is 0 Å². The molecule has 0 fully saturated rings. The van der Waals surface area contributed by atoms with Gasteiger partial charge in [0.1, 0.15) is 0 Å². The molecule has 0 aliphatic heterocycles. The van der Waals surface area contributed by atoms with E-state index in [0.29, 0.717) is 11.4 Å². The molecule has 0 bridgehead atoms. The summed E-state index contributed by atoms with van der Waals surface area (Å²) in [7, 11) is -3.08. The van der Waals surface area contributed by atoms with Gasteiger partial charge in [0.05, 0.1) is 10.6 Å². The van der Waals surface area contributed by atoms with E-state index in [1.54, 1.807) is 25.1 Å². The van der Waals surface area contributed by atoms with Crippen molar-refractivity contribution in [2.24, 2.45) is 5.73 Å². The highest BCUT2D eigenvalue weighted by Gasteiger charge is 2.11. The van der Waals surface area contributed by atoms with E-state index in [9.17, 15) is 8.42 Å². The Kier molecular flexibility index (Phi) is 4.96. The number of aryl methyl sites for hydroxylation is 1. The average Bonchev–Trinajstić information content (AvgIpc) is 2.30. The zero-order valence-corrected chi connectivity index (χ0v) is 10.5. The number of unbranched alkanes of at least 4 members (excludes halogenated alkanes) is 1. The Bertz CT molecular complexity index is 426. The van der Waals surface area contributed by atoms with Crippen LogP contribution in [-0.2, 0) is 16.3 Å². The lowest BCUT2D eigenvalue weighted by Crippen LogP contribution is -2.04. The molecule has 90 valence electrons. The summed E-state index contributed by atoms with van der Waals surface area (Å²) in [5.41, 5.74) is 6.49. The topological polar surface area (TPSA) is 60.2 Å². The van der Waals surface area contributed by atoms with Gasteiger partial charge in [0.25, 0.3) is 0 Å². The summed E-state index contributed by atoms with van der Waals surface area (Å²) < 4.78 is 23.3. The van der Waals surface area contributed by atoms with Gasteiger partial charge in [0.2, 0.25) is 0 Å². The Morgan fingerprint density at radius 3 is 2.62 bits per heavy atom. The van der Waals surface area contributed by atoms with Gasteiger partial charge in [-0.05, 0) is 43.5 Å². The van der Waals surface area contributed by atoms with Crippen molar-refractivity contribution >= 4 is 9.84 Å². The van der Waals surface area contributed by atoms with E-state index in [1.165, 1.54) is 0 Å². The zero-order chi connectivity index (χ0) is 12.0. The average molecular weight is 241 g/mol. The minimum Gasteiger partial charge on any atom is -0.330 e. The Morgan fingerprint density at radius 2 is 2.00 bits per heavy atom. The van der Waals surface area contributed by atoms with Gasteiger partial charge in [0, 0.05) is 0 Å². The molecule has 0 atom stereocenters. The first-order chi connectivity index (χ1) is 7.60. The quantitative estimate of drug-likeness (QED) is 0.772. The second-order valence-corrected chi connectivity index (χ2v) is 6.07. The first-order valence-corrected chi connectivity index (χ1v) is 7.27. The molecule has 1 rings (SSSR count). The van der Waals surface area contributed by atoms with Crippen LogP contribution in [0.2, 0.25) is 0 Å². The molecule has 0 spiro atoms. The molecule has 0 aliphatic carbocycles. The third-order valence-corrected chi connectivity index (χ3v) is 4.29. The fourth-order valence-electron chi connectivity index (χ4n) is 1.53. The van der Waals surface area contributed by atoms with Crippen LogP contribution in [0.4, 0.5) is 0 Å². The van der Waals surface area contributed by atoms with Crippen molar-refractivity contribution in [3.8, 4) is 0 Å². The van der Waals surface area contributed by atoms with Crippen LogP contribution in [0.3, 0.4) is 0 Å². The summed E-state index contributed by atoms with van der Waals surface area (Å²) in [6, 6.07) is 7.20. The third kappa shape index (κ3) is 3.61.